The smallest absolute Gasteiger partial charge is 0.270 e. The Balaban J connectivity index is 2.11. The SMILES string of the molecule is CCON1C(=O)c2ccccc2C1c1ccccn1. The predicted octanol–water partition coefficient (Wildman–Crippen LogP) is 2.58. The Morgan fingerprint density at radius 1 is 1.21 bits per heavy atom. The minimum Gasteiger partial charge on any atom is -0.270 e. The van der Waals surface area contributed by atoms with Crippen molar-refractivity contribution in [1.82, 2.24) is 10.0 Å². The lowest BCUT2D eigenvalue weighted by Gasteiger charge is -2.23. The standard InChI is InChI=1S/C15H14N2O2/c1-2-19-17-14(13-9-5-6-10-16-13)11-7-3-4-8-12(11)15(17)18/h3-10,14H,2H2,1H3. The first-order valence-electron chi connectivity index (χ1n) is 6.29. The number of carbonyl (C=O) groups excluding carboxylic acids is 1. The largest absolute Gasteiger partial charge is 0.278 e. The second-order valence-electron chi connectivity index (χ2n) is 4.29. The van der Waals surface area contributed by atoms with Gasteiger partial charge in [-0.15, -0.1) is 0 Å². The van der Waals surface area contributed by atoms with Crippen LogP contribution in [0, 0.1) is 0 Å². The molecule has 2 heterocycles. The lowest BCUT2D eigenvalue weighted by molar-refractivity contribution is -0.132. The number of fused-ring (bicyclic) bond motifs is 1. The molecule has 4 heteroatoms. The van der Waals surface area contributed by atoms with Gasteiger partial charge in [0.05, 0.1) is 12.3 Å². The van der Waals surface area contributed by atoms with Gasteiger partial charge in [0.25, 0.3) is 5.91 Å². The molecule has 0 saturated carbocycles. The molecule has 0 aliphatic carbocycles. The van der Waals surface area contributed by atoms with E-state index in [1.807, 2.05) is 49.4 Å². The predicted molar refractivity (Wildman–Crippen MR) is 70.3 cm³/mol. The van der Waals surface area contributed by atoms with E-state index < -0.39 is 0 Å². The van der Waals surface area contributed by atoms with Crippen LogP contribution in [-0.4, -0.2) is 22.6 Å². The van der Waals surface area contributed by atoms with Crippen LogP contribution in [0.2, 0.25) is 0 Å². The molecule has 19 heavy (non-hydrogen) atoms. The first-order valence-corrected chi connectivity index (χ1v) is 6.29. The number of pyridine rings is 1. The lowest BCUT2D eigenvalue weighted by Crippen LogP contribution is -2.29. The summed E-state index contributed by atoms with van der Waals surface area (Å²) in [6, 6.07) is 13.0. The summed E-state index contributed by atoms with van der Waals surface area (Å²) in [6.45, 7) is 2.31. The van der Waals surface area contributed by atoms with Gasteiger partial charge in [-0.3, -0.25) is 14.6 Å². The molecule has 1 amide bonds. The molecular formula is C15H14N2O2. The number of hydroxylamine groups is 2. The minimum absolute atomic E-state index is 0.104. The molecule has 1 aromatic heterocycles. The summed E-state index contributed by atoms with van der Waals surface area (Å²) in [7, 11) is 0. The van der Waals surface area contributed by atoms with Crippen LogP contribution in [-0.2, 0) is 4.84 Å². The van der Waals surface area contributed by atoms with Crippen molar-refractivity contribution in [1.29, 1.82) is 0 Å². The van der Waals surface area contributed by atoms with Crippen LogP contribution in [0.1, 0.15) is 34.6 Å². The Hall–Kier alpha value is -2.20. The second-order valence-corrected chi connectivity index (χ2v) is 4.29. The fourth-order valence-corrected chi connectivity index (χ4v) is 2.38. The van der Waals surface area contributed by atoms with Gasteiger partial charge in [-0.1, -0.05) is 24.3 Å². The summed E-state index contributed by atoms with van der Waals surface area (Å²) in [5.41, 5.74) is 2.44. The van der Waals surface area contributed by atoms with Crippen LogP contribution >= 0.6 is 0 Å². The zero-order valence-electron chi connectivity index (χ0n) is 10.6. The second kappa shape index (κ2) is 4.82. The van der Waals surface area contributed by atoms with Crippen molar-refractivity contribution in [3.8, 4) is 0 Å². The lowest BCUT2D eigenvalue weighted by atomic mass is 10.0. The van der Waals surface area contributed by atoms with Gasteiger partial charge in [-0.2, -0.15) is 0 Å². The van der Waals surface area contributed by atoms with Crippen molar-refractivity contribution in [3.05, 3.63) is 65.5 Å². The number of aromatic nitrogens is 1. The van der Waals surface area contributed by atoms with E-state index in [2.05, 4.69) is 4.98 Å². The van der Waals surface area contributed by atoms with E-state index in [-0.39, 0.29) is 11.9 Å². The Morgan fingerprint density at radius 2 is 2.00 bits per heavy atom. The van der Waals surface area contributed by atoms with Gasteiger partial charge in [-0.05, 0) is 30.7 Å². The minimum atomic E-state index is -0.259. The number of amides is 1. The number of hydrogen-bond acceptors (Lipinski definition) is 3. The van der Waals surface area contributed by atoms with Crippen molar-refractivity contribution in [2.24, 2.45) is 0 Å². The van der Waals surface area contributed by atoms with Gasteiger partial charge in [0.1, 0.15) is 6.04 Å². The van der Waals surface area contributed by atoms with Gasteiger partial charge in [0, 0.05) is 11.8 Å². The molecule has 0 radical (unpaired) electrons. The molecule has 1 atom stereocenters. The number of benzene rings is 1. The normalized spacial score (nSPS) is 17.6. The fourth-order valence-electron chi connectivity index (χ4n) is 2.38. The maximum absolute atomic E-state index is 12.3. The number of carbonyl (C=O) groups is 1. The van der Waals surface area contributed by atoms with Crippen LogP contribution < -0.4 is 0 Å². The molecule has 1 aromatic carbocycles. The molecule has 0 fully saturated rings. The third-order valence-corrected chi connectivity index (χ3v) is 3.16. The van der Waals surface area contributed by atoms with Crippen molar-refractivity contribution in [2.75, 3.05) is 6.61 Å². The van der Waals surface area contributed by atoms with E-state index in [9.17, 15) is 4.79 Å². The van der Waals surface area contributed by atoms with Crippen LogP contribution in [0.15, 0.2) is 48.7 Å². The van der Waals surface area contributed by atoms with E-state index in [1.54, 1.807) is 6.20 Å². The number of hydrogen-bond donors (Lipinski definition) is 0. The van der Waals surface area contributed by atoms with Gasteiger partial charge in [0.15, 0.2) is 0 Å². The highest BCUT2D eigenvalue weighted by atomic mass is 16.7. The quantitative estimate of drug-likeness (QED) is 0.845. The van der Waals surface area contributed by atoms with Crippen LogP contribution in [0.3, 0.4) is 0 Å². The van der Waals surface area contributed by atoms with E-state index in [4.69, 9.17) is 4.84 Å². The molecule has 1 unspecified atom stereocenters. The van der Waals surface area contributed by atoms with Gasteiger partial charge >= 0.3 is 0 Å². The van der Waals surface area contributed by atoms with Crippen LogP contribution in [0.5, 0.6) is 0 Å². The zero-order chi connectivity index (χ0) is 13.2. The summed E-state index contributed by atoms with van der Waals surface area (Å²) < 4.78 is 0. The highest BCUT2D eigenvalue weighted by molar-refractivity contribution is 5.98. The van der Waals surface area contributed by atoms with Gasteiger partial charge < -0.3 is 0 Å². The topological polar surface area (TPSA) is 42.4 Å². The van der Waals surface area contributed by atoms with Gasteiger partial charge in [-0.25, -0.2) is 5.06 Å². The van der Waals surface area contributed by atoms with Crippen molar-refractivity contribution >= 4 is 5.91 Å². The first kappa shape index (κ1) is 11.9. The number of nitrogens with zero attached hydrogens (tertiary/aromatic N) is 2. The molecule has 1 aliphatic heterocycles. The average molecular weight is 254 g/mol. The zero-order valence-corrected chi connectivity index (χ0v) is 10.6. The average Bonchev–Trinajstić information content (AvgIpc) is 2.74. The van der Waals surface area contributed by atoms with Gasteiger partial charge in [0.2, 0.25) is 0 Å². The molecule has 2 aromatic rings. The Bertz CT molecular complexity index is 598. The summed E-state index contributed by atoms with van der Waals surface area (Å²) in [6.07, 6.45) is 1.73. The molecule has 3 rings (SSSR count). The van der Waals surface area contributed by atoms with E-state index >= 15 is 0 Å². The first-order chi connectivity index (χ1) is 9.33. The monoisotopic (exact) mass is 254 g/mol. The summed E-state index contributed by atoms with van der Waals surface area (Å²) >= 11 is 0. The van der Waals surface area contributed by atoms with Crippen molar-refractivity contribution in [2.45, 2.75) is 13.0 Å². The molecule has 4 nitrogen and oxygen atoms in total. The maximum Gasteiger partial charge on any atom is 0.278 e. The van der Waals surface area contributed by atoms with Crippen LogP contribution in [0.25, 0.3) is 0 Å². The third kappa shape index (κ3) is 1.90. The Morgan fingerprint density at radius 3 is 2.74 bits per heavy atom. The maximum atomic E-state index is 12.3. The highest BCUT2D eigenvalue weighted by Gasteiger charge is 2.39. The summed E-state index contributed by atoms with van der Waals surface area (Å²) in [5.74, 6) is -0.104. The summed E-state index contributed by atoms with van der Waals surface area (Å²) in [5, 5.41) is 1.42. The summed E-state index contributed by atoms with van der Waals surface area (Å²) in [4.78, 5) is 22.2. The van der Waals surface area contributed by atoms with Crippen molar-refractivity contribution < 1.29 is 9.63 Å². The van der Waals surface area contributed by atoms with E-state index in [0.29, 0.717) is 12.2 Å². The van der Waals surface area contributed by atoms with Crippen LogP contribution in [0.4, 0.5) is 0 Å². The molecule has 0 spiro atoms. The molecular weight excluding hydrogens is 240 g/mol. The Labute approximate surface area is 111 Å². The Kier molecular flexibility index (Phi) is 3.01. The molecule has 0 N–H and O–H groups in total. The molecule has 96 valence electrons. The fraction of sp³-hybridized carbons (Fsp3) is 0.200. The van der Waals surface area contributed by atoms with Crippen molar-refractivity contribution in [3.63, 3.8) is 0 Å². The number of rotatable bonds is 3. The highest BCUT2D eigenvalue weighted by Crippen LogP contribution is 2.37. The third-order valence-electron chi connectivity index (χ3n) is 3.16. The molecule has 0 saturated heterocycles. The molecule has 0 bridgehead atoms. The molecule has 1 aliphatic rings. The van der Waals surface area contributed by atoms with E-state index in [1.165, 1.54) is 5.06 Å². The van der Waals surface area contributed by atoms with E-state index in [0.717, 1.165) is 11.3 Å².